The van der Waals surface area contributed by atoms with Crippen LogP contribution in [0.4, 0.5) is 18.9 Å². The lowest BCUT2D eigenvalue weighted by Gasteiger charge is -2.31. The molecule has 1 N–H and O–H groups in total. The third-order valence-electron chi connectivity index (χ3n) is 6.55. The largest absolute Gasteiger partial charge is 0.573 e. The monoisotopic (exact) mass is 584 g/mol. The average Bonchev–Trinajstić information content (AvgIpc) is 2.94. The number of esters is 1. The minimum absolute atomic E-state index is 0.0719. The van der Waals surface area contributed by atoms with Gasteiger partial charge in [-0.3, -0.25) is 19.3 Å². The fourth-order valence-corrected chi connectivity index (χ4v) is 4.67. The highest BCUT2D eigenvalue weighted by atomic mass is 19.4. The van der Waals surface area contributed by atoms with Gasteiger partial charge in [0.05, 0.1) is 13.2 Å². The fraction of sp³-hybridized carbons (Fsp3) is 0.323. The van der Waals surface area contributed by atoms with E-state index in [1.165, 1.54) is 24.3 Å². The van der Waals surface area contributed by atoms with Crippen LogP contribution in [-0.4, -0.2) is 61.3 Å². The minimum Gasteiger partial charge on any atom is -0.490 e. The molecule has 0 aromatic heterocycles. The number of nitrogens with one attached hydrogen (secondary N) is 1. The van der Waals surface area contributed by atoms with Crippen molar-refractivity contribution in [2.45, 2.75) is 38.7 Å². The summed E-state index contributed by atoms with van der Waals surface area (Å²) in [7, 11) is 0. The number of ether oxygens (including phenoxy) is 3. The summed E-state index contributed by atoms with van der Waals surface area (Å²) in [5.41, 5.74) is 1.97. The number of hydrogen-bond donors (Lipinski definition) is 1. The molecule has 3 aromatic carbocycles. The second-order valence-corrected chi connectivity index (χ2v) is 9.71. The smallest absolute Gasteiger partial charge is 0.490 e. The predicted octanol–water partition coefficient (Wildman–Crippen LogP) is 5.87. The van der Waals surface area contributed by atoms with Gasteiger partial charge >= 0.3 is 12.3 Å². The van der Waals surface area contributed by atoms with E-state index in [1.54, 1.807) is 55.5 Å². The molecule has 1 aliphatic rings. The van der Waals surface area contributed by atoms with Gasteiger partial charge in [0.15, 0.2) is 5.78 Å². The highest BCUT2D eigenvalue weighted by Gasteiger charge is 2.31. The Labute approximate surface area is 241 Å². The van der Waals surface area contributed by atoms with Crippen LogP contribution in [0.2, 0.25) is 0 Å². The second-order valence-electron chi connectivity index (χ2n) is 9.71. The van der Waals surface area contributed by atoms with Gasteiger partial charge in [0.1, 0.15) is 24.0 Å². The van der Waals surface area contributed by atoms with Crippen molar-refractivity contribution >= 4 is 23.3 Å². The van der Waals surface area contributed by atoms with Crippen molar-refractivity contribution in [2.75, 3.05) is 31.6 Å². The molecule has 4 rings (SSSR count). The molecule has 0 saturated carbocycles. The Kier molecular flexibility index (Phi) is 10.2. The van der Waals surface area contributed by atoms with E-state index in [9.17, 15) is 27.6 Å². The maximum Gasteiger partial charge on any atom is 0.573 e. The maximum absolute atomic E-state index is 13.2. The molecule has 0 bridgehead atoms. The van der Waals surface area contributed by atoms with Crippen molar-refractivity contribution in [1.82, 2.24) is 4.90 Å². The molecule has 0 radical (unpaired) electrons. The Morgan fingerprint density at radius 2 is 1.64 bits per heavy atom. The first-order valence-corrected chi connectivity index (χ1v) is 13.5. The van der Waals surface area contributed by atoms with Gasteiger partial charge in [-0.2, -0.15) is 0 Å². The van der Waals surface area contributed by atoms with Gasteiger partial charge in [-0.25, -0.2) is 0 Å². The molecule has 222 valence electrons. The topological polar surface area (TPSA) is 94.2 Å². The van der Waals surface area contributed by atoms with Gasteiger partial charge in [0.2, 0.25) is 0 Å². The molecule has 0 unspecified atom stereocenters. The van der Waals surface area contributed by atoms with Crippen molar-refractivity contribution in [3.05, 3.63) is 78.4 Å². The second kappa shape index (κ2) is 14.0. The Hall–Kier alpha value is -4.38. The van der Waals surface area contributed by atoms with Crippen LogP contribution < -0.4 is 14.8 Å². The minimum atomic E-state index is -4.79. The molecule has 1 saturated heterocycles. The number of carbonyl (C=O) groups is 3. The molecule has 3 aromatic rings. The average molecular weight is 585 g/mol. The molecule has 0 atom stereocenters. The lowest BCUT2D eigenvalue weighted by Crippen LogP contribution is -2.41. The zero-order chi connectivity index (χ0) is 30.1. The number of benzene rings is 3. The number of piperidine rings is 1. The zero-order valence-electron chi connectivity index (χ0n) is 23.0. The van der Waals surface area contributed by atoms with E-state index in [4.69, 9.17) is 9.47 Å². The molecule has 1 amide bonds. The summed E-state index contributed by atoms with van der Waals surface area (Å²) >= 11 is 0. The molecule has 8 nitrogen and oxygen atoms in total. The molecule has 0 spiro atoms. The number of likely N-dealkylation sites (tertiary alicyclic amines) is 1. The molecule has 1 fully saturated rings. The Morgan fingerprint density at radius 3 is 2.33 bits per heavy atom. The number of hydrogen-bond acceptors (Lipinski definition) is 7. The lowest BCUT2D eigenvalue weighted by atomic mass is 9.99. The molecular formula is C31H31F3N2O6. The number of Topliss-reactive ketones (excluding diaryl/α,β-unsaturated/α-hetero) is 1. The molecule has 1 heterocycles. The molecule has 0 aliphatic carbocycles. The van der Waals surface area contributed by atoms with Crippen LogP contribution in [0.1, 0.15) is 36.5 Å². The summed E-state index contributed by atoms with van der Waals surface area (Å²) < 4.78 is 52.4. The lowest BCUT2D eigenvalue weighted by molar-refractivity contribution is -0.274. The Morgan fingerprint density at radius 1 is 0.929 bits per heavy atom. The van der Waals surface area contributed by atoms with Gasteiger partial charge in [0, 0.05) is 30.4 Å². The Balaban J connectivity index is 1.33. The van der Waals surface area contributed by atoms with E-state index in [0.29, 0.717) is 54.1 Å². The van der Waals surface area contributed by atoms with E-state index in [-0.39, 0.29) is 43.1 Å². The summed E-state index contributed by atoms with van der Waals surface area (Å²) in [5.74, 6) is -0.842. The number of halogens is 3. The third-order valence-corrected chi connectivity index (χ3v) is 6.55. The van der Waals surface area contributed by atoms with Crippen LogP contribution in [0.25, 0.3) is 11.1 Å². The van der Waals surface area contributed by atoms with Crippen LogP contribution >= 0.6 is 0 Å². The van der Waals surface area contributed by atoms with Crippen molar-refractivity contribution in [3.8, 4) is 22.6 Å². The van der Waals surface area contributed by atoms with Gasteiger partial charge in [-0.15, -0.1) is 13.2 Å². The summed E-state index contributed by atoms with van der Waals surface area (Å²) in [6.45, 7) is 3.43. The van der Waals surface area contributed by atoms with Crippen molar-refractivity contribution in [3.63, 3.8) is 0 Å². The SMILES string of the molecule is CCOC(=O)CC(=O)CN1CCC(Oc2cccc(NC(=O)c3ccccc3-c3ccc(OC(F)(F)F)cc3)c2)CC1. The van der Waals surface area contributed by atoms with E-state index in [0.717, 1.165) is 0 Å². The van der Waals surface area contributed by atoms with Gasteiger partial charge < -0.3 is 19.5 Å². The van der Waals surface area contributed by atoms with E-state index >= 15 is 0 Å². The first kappa shape index (κ1) is 30.6. The summed E-state index contributed by atoms with van der Waals surface area (Å²) in [6, 6.07) is 19.1. The molecule has 11 heteroatoms. The standard InChI is InChI=1S/C31H31F3N2O6/c1-2-40-29(38)19-23(37)20-36-16-14-24(15-17-36)41-26-7-5-6-22(18-26)35-30(39)28-9-4-3-8-27(28)21-10-12-25(13-11-21)42-31(32,33)34/h3-13,18,24H,2,14-17,19-20H2,1H3,(H,35,39). The number of carbonyl (C=O) groups excluding carboxylic acids is 3. The van der Waals surface area contributed by atoms with Crippen LogP contribution in [0.3, 0.4) is 0 Å². The first-order valence-electron chi connectivity index (χ1n) is 13.5. The zero-order valence-corrected chi connectivity index (χ0v) is 23.0. The summed E-state index contributed by atoms with van der Waals surface area (Å²) in [5, 5.41) is 2.87. The number of ketones is 1. The van der Waals surface area contributed by atoms with Crippen LogP contribution in [-0.2, 0) is 14.3 Å². The number of amides is 1. The van der Waals surface area contributed by atoms with Gasteiger partial charge in [-0.05, 0) is 61.2 Å². The quantitative estimate of drug-likeness (QED) is 0.223. The normalized spacial score (nSPS) is 14.2. The highest BCUT2D eigenvalue weighted by molar-refractivity contribution is 6.08. The number of nitrogens with zero attached hydrogens (tertiary/aromatic N) is 1. The maximum atomic E-state index is 13.2. The van der Waals surface area contributed by atoms with E-state index in [1.807, 2.05) is 4.90 Å². The number of anilines is 1. The third kappa shape index (κ3) is 9.07. The van der Waals surface area contributed by atoms with E-state index in [2.05, 4.69) is 10.1 Å². The molecular weight excluding hydrogens is 553 g/mol. The fourth-order valence-electron chi connectivity index (χ4n) is 4.67. The number of alkyl halides is 3. The predicted molar refractivity (Wildman–Crippen MR) is 149 cm³/mol. The van der Waals surface area contributed by atoms with Crippen LogP contribution in [0.5, 0.6) is 11.5 Å². The highest BCUT2D eigenvalue weighted by Crippen LogP contribution is 2.29. The summed E-state index contributed by atoms with van der Waals surface area (Å²) in [4.78, 5) is 38.8. The van der Waals surface area contributed by atoms with Crippen molar-refractivity contribution in [1.29, 1.82) is 0 Å². The molecule has 42 heavy (non-hydrogen) atoms. The van der Waals surface area contributed by atoms with Gasteiger partial charge in [-0.1, -0.05) is 36.4 Å². The number of rotatable bonds is 11. The van der Waals surface area contributed by atoms with Crippen molar-refractivity contribution in [2.24, 2.45) is 0 Å². The Bertz CT molecular complexity index is 1390. The van der Waals surface area contributed by atoms with Crippen molar-refractivity contribution < 1.29 is 41.8 Å². The van der Waals surface area contributed by atoms with E-state index < -0.39 is 12.3 Å². The summed E-state index contributed by atoms with van der Waals surface area (Å²) in [6.07, 6.45) is -3.69. The molecule has 1 aliphatic heterocycles. The first-order chi connectivity index (χ1) is 20.1. The van der Waals surface area contributed by atoms with Gasteiger partial charge in [0.25, 0.3) is 5.91 Å². The van der Waals surface area contributed by atoms with Crippen LogP contribution in [0.15, 0.2) is 72.8 Å². The van der Waals surface area contributed by atoms with Crippen LogP contribution in [0, 0.1) is 0 Å².